The molecule has 1 nitrogen and oxygen atoms in total. The minimum atomic E-state index is -8.61. The summed E-state index contributed by atoms with van der Waals surface area (Å²) in [6.45, 7) is 0. The second-order valence-corrected chi connectivity index (χ2v) is 6.06. The van der Waals surface area contributed by atoms with E-state index in [1.165, 1.54) is 0 Å². The first-order valence-electron chi connectivity index (χ1n) is 7.46. The van der Waals surface area contributed by atoms with E-state index < -0.39 is 73.3 Å². The van der Waals surface area contributed by atoms with E-state index >= 15 is 0 Å². The van der Waals surface area contributed by atoms with Crippen LogP contribution in [-0.4, -0.2) is 53.9 Å². The molecule has 0 rings (SSSR count). The Balaban J connectivity index is 6.40. The van der Waals surface area contributed by atoms with Gasteiger partial charge in [0.15, 0.2) is 0 Å². The van der Waals surface area contributed by atoms with Crippen molar-refractivity contribution in [1.82, 2.24) is 0 Å². The van der Waals surface area contributed by atoms with E-state index in [0.717, 1.165) is 0 Å². The molecule has 0 atom stereocenters. The molecule has 0 radical (unpaired) electrons. The number of hydrogen-bond donors (Lipinski definition) is 0. The maximum atomic E-state index is 13.4. The highest BCUT2D eigenvalue weighted by Crippen LogP contribution is 2.64. The average molecular weight is 504 g/mol. The summed E-state index contributed by atoms with van der Waals surface area (Å²) in [5, 5.41) is 0. The monoisotopic (exact) mass is 504 g/mol. The molecule has 0 fully saturated rings. The zero-order valence-corrected chi connectivity index (χ0v) is 14.2. The largest absolute Gasteiger partial charge is 0.460 e. The topological polar surface area (TPSA) is 17.1 Å². The van der Waals surface area contributed by atoms with Gasteiger partial charge in [0.1, 0.15) is 6.29 Å². The van der Waals surface area contributed by atoms with E-state index in [1.54, 1.807) is 0 Å². The molecule has 0 N–H and O–H groups in total. The Morgan fingerprint density at radius 2 is 0.774 bits per heavy atom. The molecule has 0 saturated carbocycles. The van der Waals surface area contributed by atoms with Gasteiger partial charge in [0.25, 0.3) is 0 Å². The summed E-state index contributed by atoms with van der Waals surface area (Å²) in [5.74, 6) is -56.1. The maximum Gasteiger partial charge on any atom is 0.460 e. The number of carbonyl (C=O) groups is 1. The summed E-state index contributed by atoms with van der Waals surface area (Å²) in [7, 11) is 0. The van der Waals surface area contributed by atoms with E-state index in [1.807, 2.05) is 0 Å². The van der Waals surface area contributed by atoms with Crippen LogP contribution < -0.4 is 0 Å². The van der Waals surface area contributed by atoms with Gasteiger partial charge in [0.05, 0.1) is 0 Å². The van der Waals surface area contributed by atoms with Crippen molar-refractivity contribution in [2.24, 2.45) is 0 Å². The lowest BCUT2D eigenvalue weighted by atomic mass is 9.88. The van der Waals surface area contributed by atoms with Crippen molar-refractivity contribution >= 4 is 6.29 Å². The molecule has 18 heteroatoms. The Labute approximate surface area is 160 Å². The number of hydrogen-bond acceptors (Lipinski definition) is 1. The smallest absolute Gasteiger partial charge is 0.303 e. The van der Waals surface area contributed by atoms with Crippen LogP contribution in [0, 0.1) is 0 Å². The molecule has 0 aromatic carbocycles. The fraction of sp³-hybridized carbons (Fsp3) is 0.923. The molecule has 0 unspecified atom stereocenters. The first-order chi connectivity index (χ1) is 13.3. The molecule has 0 aliphatic rings. The van der Waals surface area contributed by atoms with Crippen molar-refractivity contribution in [3.8, 4) is 0 Å². The van der Waals surface area contributed by atoms with Crippen LogP contribution in [0.2, 0.25) is 0 Å². The Kier molecular flexibility index (Phi) is 7.72. The normalized spacial score (nSPS) is 15.9. The van der Waals surface area contributed by atoms with Gasteiger partial charge in [-0.05, 0) is 12.8 Å². The summed E-state index contributed by atoms with van der Waals surface area (Å²) in [5.41, 5.74) is 0. The van der Waals surface area contributed by atoms with E-state index in [4.69, 9.17) is 0 Å². The summed E-state index contributed by atoms with van der Waals surface area (Å²) in [6.07, 6.45) is -12.9. The number of aldehydes is 1. The van der Waals surface area contributed by atoms with Gasteiger partial charge in [-0.2, -0.15) is 74.6 Å². The predicted molar refractivity (Wildman–Crippen MR) is 65.2 cm³/mol. The molecule has 0 heterocycles. The zero-order chi connectivity index (χ0) is 25.5. The highest BCUT2D eigenvalue weighted by molar-refractivity contribution is 5.48. The summed E-state index contributed by atoms with van der Waals surface area (Å²) in [6, 6.07) is 0. The van der Waals surface area contributed by atoms with Crippen molar-refractivity contribution in [3.05, 3.63) is 0 Å². The molecule has 0 aromatic heterocycles. The highest BCUT2D eigenvalue weighted by atomic mass is 19.4. The fourth-order valence-corrected chi connectivity index (χ4v) is 1.93. The molecule has 0 aromatic rings. The molecule has 0 amide bonds. The van der Waals surface area contributed by atoms with Crippen molar-refractivity contribution in [2.75, 3.05) is 0 Å². The van der Waals surface area contributed by atoms with E-state index in [9.17, 15) is 79.4 Å². The van der Waals surface area contributed by atoms with E-state index in [0.29, 0.717) is 0 Å². The minimum absolute atomic E-state index is 0.0164. The van der Waals surface area contributed by atoms with Crippen LogP contribution in [0.4, 0.5) is 74.6 Å². The first kappa shape index (κ1) is 29.5. The Morgan fingerprint density at radius 3 is 1.10 bits per heavy atom. The number of rotatable bonds is 11. The lowest BCUT2D eigenvalue weighted by Crippen LogP contribution is -2.74. The molecule has 0 aliphatic carbocycles. The van der Waals surface area contributed by atoms with Crippen LogP contribution in [0.5, 0.6) is 0 Å². The molecule has 0 spiro atoms. The van der Waals surface area contributed by atoms with Crippen LogP contribution in [-0.2, 0) is 4.79 Å². The van der Waals surface area contributed by atoms with Crippen LogP contribution in [0.3, 0.4) is 0 Å². The molecular weight excluding hydrogens is 495 g/mol. The van der Waals surface area contributed by atoms with Gasteiger partial charge in [-0.3, -0.25) is 0 Å². The van der Waals surface area contributed by atoms with Crippen LogP contribution in [0.25, 0.3) is 0 Å². The Hall–Kier alpha value is -1.52. The second-order valence-electron chi connectivity index (χ2n) is 6.06. The summed E-state index contributed by atoms with van der Waals surface area (Å²) in [4.78, 5) is 9.92. The SMILES string of the molecule is O=CCCCCC(F)(F)C(F)(F)C(F)(F)C(F)(F)C(F)(F)C(F)(F)C(F)(F)C(F)(F)F. The third-order valence-electron chi connectivity index (χ3n) is 3.85. The van der Waals surface area contributed by atoms with Gasteiger partial charge in [-0.25, -0.2) is 0 Å². The molecular formula is C13H9F17O. The third kappa shape index (κ3) is 4.26. The predicted octanol–water partition coefficient (Wildman–Crippen LogP) is 6.76. The van der Waals surface area contributed by atoms with Crippen molar-refractivity contribution in [1.29, 1.82) is 0 Å². The average Bonchev–Trinajstić information content (AvgIpc) is 2.56. The molecule has 0 saturated heterocycles. The van der Waals surface area contributed by atoms with E-state index in [-0.39, 0.29) is 6.29 Å². The maximum absolute atomic E-state index is 13.4. The van der Waals surface area contributed by atoms with Crippen molar-refractivity contribution in [2.45, 2.75) is 73.3 Å². The number of unbranched alkanes of at least 4 members (excludes halogenated alkanes) is 2. The van der Waals surface area contributed by atoms with Gasteiger partial charge in [-0.1, -0.05) is 0 Å². The van der Waals surface area contributed by atoms with Gasteiger partial charge in [0.2, 0.25) is 0 Å². The number of halogens is 17. The van der Waals surface area contributed by atoms with Crippen LogP contribution >= 0.6 is 0 Å². The molecule has 186 valence electrons. The number of carbonyl (C=O) groups excluding carboxylic acids is 1. The lowest BCUT2D eigenvalue weighted by molar-refractivity contribution is -0.461. The van der Waals surface area contributed by atoms with Gasteiger partial charge in [-0.15, -0.1) is 0 Å². The van der Waals surface area contributed by atoms with Crippen molar-refractivity contribution < 1.29 is 79.4 Å². The van der Waals surface area contributed by atoms with E-state index in [2.05, 4.69) is 0 Å². The highest BCUT2D eigenvalue weighted by Gasteiger charge is 2.95. The van der Waals surface area contributed by atoms with Gasteiger partial charge >= 0.3 is 47.6 Å². The van der Waals surface area contributed by atoms with Crippen LogP contribution in [0.15, 0.2) is 0 Å². The second kappa shape index (κ2) is 8.12. The minimum Gasteiger partial charge on any atom is -0.303 e. The zero-order valence-electron chi connectivity index (χ0n) is 14.2. The van der Waals surface area contributed by atoms with Crippen molar-refractivity contribution in [3.63, 3.8) is 0 Å². The third-order valence-corrected chi connectivity index (χ3v) is 3.85. The molecule has 0 aliphatic heterocycles. The molecule has 31 heavy (non-hydrogen) atoms. The lowest BCUT2D eigenvalue weighted by Gasteiger charge is -2.42. The summed E-state index contributed by atoms with van der Waals surface area (Å²) >= 11 is 0. The van der Waals surface area contributed by atoms with Gasteiger partial charge < -0.3 is 4.79 Å². The Bertz CT molecular complexity index is 632. The molecule has 0 bridgehead atoms. The quantitative estimate of drug-likeness (QED) is 0.173. The fourth-order valence-electron chi connectivity index (χ4n) is 1.93. The first-order valence-corrected chi connectivity index (χ1v) is 7.46. The van der Waals surface area contributed by atoms with Gasteiger partial charge in [0, 0.05) is 12.8 Å². The number of alkyl halides is 17. The summed E-state index contributed by atoms with van der Waals surface area (Å²) < 4.78 is 220. The van der Waals surface area contributed by atoms with Crippen LogP contribution in [0.1, 0.15) is 25.7 Å². The standard InChI is InChI=1S/C13H9F17O/c14-6(15,4-2-1-3-5-31)7(16,17)8(18,19)9(20,21)10(22,23)11(24,25)12(26,27)13(28,29)30/h5H,1-4H2. The Morgan fingerprint density at radius 1 is 0.452 bits per heavy atom.